The molecule has 5 heteroatoms. The van der Waals surface area contributed by atoms with Gasteiger partial charge in [-0.05, 0) is 46.5 Å². The van der Waals surface area contributed by atoms with Gasteiger partial charge in [0.15, 0.2) is 0 Å². The molecule has 0 fully saturated rings. The number of allylic oxidation sites excluding steroid dienone is 1. The minimum atomic E-state index is -4.32. The van der Waals surface area contributed by atoms with Gasteiger partial charge in [-0.1, -0.05) is 59.7 Å². The number of hydrogen-bond donors (Lipinski definition) is 0. The van der Waals surface area contributed by atoms with Crippen LogP contribution in [0.2, 0.25) is 0 Å². The summed E-state index contributed by atoms with van der Waals surface area (Å²) in [6, 6.07) is 13.6. The third-order valence-corrected chi connectivity index (χ3v) is 3.96. The third-order valence-electron chi connectivity index (χ3n) is 3.43. The molecule has 122 valence electrons. The molecule has 0 spiro atoms. The number of rotatable bonds is 4. The lowest BCUT2D eigenvalue weighted by Crippen LogP contribution is -2.33. The van der Waals surface area contributed by atoms with Crippen molar-refractivity contribution in [3.05, 3.63) is 76.9 Å². The van der Waals surface area contributed by atoms with Gasteiger partial charge in [-0.25, -0.2) is 0 Å². The highest BCUT2D eigenvalue weighted by molar-refractivity contribution is 9.10. The van der Waals surface area contributed by atoms with E-state index in [4.69, 9.17) is 0 Å². The molecule has 0 unspecified atom stereocenters. The largest absolute Gasteiger partial charge is 0.367 e. The van der Waals surface area contributed by atoms with Gasteiger partial charge in [-0.3, -0.25) is 0 Å². The maximum absolute atomic E-state index is 13.8. The minimum Gasteiger partial charge on any atom is -0.194 e. The standard InChI is InChI=1S/C18H15BrF4/c1-12-3-7-14(8-4-12)16(11-17(20,21)18(19,22)23)15-9-5-13(2)6-10-15/h3-11H,1-2H3. The number of alkyl halides is 5. The zero-order valence-corrected chi connectivity index (χ0v) is 14.2. The SMILES string of the molecule is Cc1ccc(C(=CC(F)(F)C(F)(F)Br)c2ccc(C)cc2)cc1. The van der Waals surface area contributed by atoms with Crippen molar-refractivity contribution >= 4 is 21.5 Å². The molecule has 23 heavy (non-hydrogen) atoms. The Hall–Kier alpha value is -1.62. The van der Waals surface area contributed by atoms with Crippen molar-refractivity contribution in [3.63, 3.8) is 0 Å². The molecule has 2 aromatic carbocycles. The highest BCUT2D eigenvalue weighted by Crippen LogP contribution is 2.42. The maximum atomic E-state index is 13.8. The summed E-state index contributed by atoms with van der Waals surface area (Å²) in [6.07, 6.45) is 0.317. The monoisotopic (exact) mass is 386 g/mol. The first-order valence-electron chi connectivity index (χ1n) is 6.91. The fourth-order valence-electron chi connectivity index (χ4n) is 2.06. The van der Waals surface area contributed by atoms with Crippen LogP contribution in [-0.4, -0.2) is 10.8 Å². The van der Waals surface area contributed by atoms with Gasteiger partial charge in [0.1, 0.15) is 0 Å². The van der Waals surface area contributed by atoms with Gasteiger partial charge in [0.25, 0.3) is 0 Å². The van der Waals surface area contributed by atoms with E-state index in [-0.39, 0.29) is 5.57 Å². The molecule has 0 nitrogen and oxygen atoms in total. The summed E-state index contributed by atoms with van der Waals surface area (Å²) >= 11 is 1.77. The van der Waals surface area contributed by atoms with Crippen LogP contribution in [0.5, 0.6) is 0 Å². The summed E-state index contributed by atoms with van der Waals surface area (Å²) in [5.41, 5.74) is 2.88. The maximum Gasteiger partial charge on any atom is 0.367 e. The van der Waals surface area contributed by atoms with Crippen molar-refractivity contribution in [1.82, 2.24) is 0 Å². The Morgan fingerprint density at radius 3 is 1.43 bits per heavy atom. The Balaban J connectivity index is 2.60. The second-order valence-electron chi connectivity index (χ2n) is 5.41. The summed E-state index contributed by atoms with van der Waals surface area (Å²) in [7, 11) is 0. The van der Waals surface area contributed by atoms with Crippen LogP contribution in [-0.2, 0) is 0 Å². The van der Waals surface area contributed by atoms with Crippen LogP contribution in [0.4, 0.5) is 17.6 Å². The van der Waals surface area contributed by atoms with Crippen LogP contribution in [0.15, 0.2) is 54.6 Å². The second-order valence-corrected chi connectivity index (χ2v) is 6.41. The normalized spacial score (nSPS) is 12.1. The molecule has 2 rings (SSSR count). The molecule has 0 aromatic heterocycles. The van der Waals surface area contributed by atoms with Crippen LogP contribution in [0, 0.1) is 13.8 Å². The average Bonchev–Trinajstić information content (AvgIpc) is 2.46. The van der Waals surface area contributed by atoms with Crippen LogP contribution in [0.1, 0.15) is 22.3 Å². The number of benzene rings is 2. The van der Waals surface area contributed by atoms with Gasteiger partial charge in [0, 0.05) is 6.08 Å². The second kappa shape index (κ2) is 6.48. The van der Waals surface area contributed by atoms with Gasteiger partial charge in [0.2, 0.25) is 0 Å². The van der Waals surface area contributed by atoms with E-state index in [1.54, 1.807) is 64.5 Å². The molecule has 0 aliphatic rings. The topological polar surface area (TPSA) is 0 Å². The van der Waals surface area contributed by atoms with E-state index in [2.05, 4.69) is 0 Å². The number of hydrogen-bond acceptors (Lipinski definition) is 0. The molecule has 0 saturated carbocycles. The lowest BCUT2D eigenvalue weighted by atomic mass is 9.95. The molecular formula is C18H15BrF4. The average molecular weight is 387 g/mol. The molecule has 0 aliphatic carbocycles. The first kappa shape index (κ1) is 17.7. The Bertz CT molecular complexity index is 648. The van der Waals surface area contributed by atoms with Gasteiger partial charge >= 0.3 is 10.8 Å². The van der Waals surface area contributed by atoms with Crippen LogP contribution >= 0.6 is 15.9 Å². The molecular weight excluding hydrogens is 372 g/mol. The molecule has 0 saturated heterocycles. The van der Waals surface area contributed by atoms with Crippen LogP contribution in [0.25, 0.3) is 5.57 Å². The van der Waals surface area contributed by atoms with Gasteiger partial charge in [-0.15, -0.1) is 0 Å². The molecule has 2 aromatic rings. The lowest BCUT2D eigenvalue weighted by molar-refractivity contribution is -0.110. The van der Waals surface area contributed by atoms with Crippen molar-refractivity contribution in [2.24, 2.45) is 0 Å². The molecule has 0 bridgehead atoms. The van der Waals surface area contributed by atoms with Gasteiger partial charge in [0.05, 0.1) is 0 Å². The zero-order valence-electron chi connectivity index (χ0n) is 12.6. The third kappa shape index (κ3) is 4.22. The number of aryl methyl sites for hydroxylation is 2. The van der Waals surface area contributed by atoms with Crippen LogP contribution in [0.3, 0.4) is 0 Å². The van der Waals surface area contributed by atoms with E-state index in [0.29, 0.717) is 17.2 Å². The van der Waals surface area contributed by atoms with E-state index in [1.165, 1.54) is 0 Å². The highest BCUT2D eigenvalue weighted by Gasteiger charge is 2.52. The molecule has 0 amide bonds. The highest BCUT2D eigenvalue weighted by atomic mass is 79.9. The Morgan fingerprint density at radius 1 is 0.783 bits per heavy atom. The zero-order chi connectivity index (χ0) is 17.3. The predicted octanol–water partition coefficient (Wildman–Crippen LogP) is 6.36. The van der Waals surface area contributed by atoms with Crippen molar-refractivity contribution < 1.29 is 17.6 Å². The predicted molar refractivity (Wildman–Crippen MR) is 88.3 cm³/mol. The Morgan fingerprint density at radius 2 is 1.13 bits per heavy atom. The van der Waals surface area contributed by atoms with E-state index in [9.17, 15) is 17.6 Å². The number of halogens is 5. The molecule has 0 N–H and O–H groups in total. The van der Waals surface area contributed by atoms with Gasteiger partial charge < -0.3 is 0 Å². The van der Waals surface area contributed by atoms with E-state index in [0.717, 1.165) is 11.1 Å². The first-order valence-corrected chi connectivity index (χ1v) is 7.71. The summed E-state index contributed by atoms with van der Waals surface area (Å²) < 4.78 is 54.0. The first-order chi connectivity index (χ1) is 10.6. The van der Waals surface area contributed by atoms with E-state index in [1.807, 2.05) is 13.8 Å². The lowest BCUT2D eigenvalue weighted by Gasteiger charge is -2.20. The quantitative estimate of drug-likeness (QED) is 0.423. The summed E-state index contributed by atoms with van der Waals surface area (Å²) in [5.74, 6) is -4.32. The van der Waals surface area contributed by atoms with Crippen molar-refractivity contribution in [2.45, 2.75) is 24.6 Å². The minimum absolute atomic E-state index is 0.0640. The van der Waals surface area contributed by atoms with Crippen LogP contribution < -0.4 is 0 Å². The summed E-state index contributed by atoms with van der Waals surface area (Å²) in [6.45, 7) is 3.72. The smallest absolute Gasteiger partial charge is 0.194 e. The van der Waals surface area contributed by atoms with Gasteiger partial charge in [-0.2, -0.15) is 17.6 Å². The van der Waals surface area contributed by atoms with Crippen molar-refractivity contribution in [2.75, 3.05) is 0 Å². The molecule has 0 heterocycles. The fourth-order valence-corrected chi connectivity index (χ4v) is 2.18. The van der Waals surface area contributed by atoms with E-state index >= 15 is 0 Å². The summed E-state index contributed by atoms with van der Waals surface area (Å²) in [5, 5.41) is 0. The summed E-state index contributed by atoms with van der Waals surface area (Å²) in [4.78, 5) is -4.32. The van der Waals surface area contributed by atoms with Crippen molar-refractivity contribution in [3.8, 4) is 0 Å². The molecule has 0 atom stereocenters. The van der Waals surface area contributed by atoms with Crippen molar-refractivity contribution in [1.29, 1.82) is 0 Å². The Kier molecular flexibility index (Phi) is 4.99. The fraction of sp³-hybridized carbons (Fsp3) is 0.222. The molecule has 0 radical (unpaired) electrons. The Labute approximate surface area is 141 Å². The van der Waals surface area contributed by atoms with E-state index < -0.39 is 10.8 Å². The molecule has 0 aliphatic heterocycles.